The van der Waals surface area contributed by atoms with Gasteiger partial charge >= 0.3 is 6.01 Å². The Morgan fingerprint density at radius 3 is 2.46 bits per heavy atom. The number of likely N-dealkylation sites (tertiary alicyclic amines) is 2. The number of hydrogen-bond donors (Lipinski definition) is 3. The molecule has 18 nitrogen and oxygen atoms in total. The molecule has 3 N–H and O–H groups in total. The van der Waals surface area contributed by atoms with Crippen molar-refractivity contribution in [3.63, 3.8) is 0 Å². The Hall–Kier alpha value is -7.77. The molecule has 0 saturated carbocycles. The third kappa shape index (κ3) is 11.4. The van der Waals surface area contributed by atoms with Crippen LogP contribution < -0.4 is 19.9 Å². The van der Waals surface area contributed by atoms with Crippen molar-refractivity contribution in [2.45, 2.75) is 83.5 Å². The van der Waals surface area contributed by atoms with E-state index in [4.69, 9.17) is 25.8 Å². The number of rotatable bonds is 16. The number of aromatic hydroxyl groups is 1. The van der Waals surface area contributed by atoms with E-state index in [0.717, 1.165) is 60.7 Å². The first-order valence-corrected chi connectivity index (χ1v) is 29.2. The molecule has 83 heavy (non-hydrogen) atoms. The van der Waals surface area contributed by atoms with Gasteiger partial charge in [-0.05, 0) is 91.4 Å². The van der Waals surface area contributed by atoms with Gasteiger partial charge in [0.15, 0.2) is 23.2 Å². The molecule has 5 atom stereocenters. The number of nitriles is 1. The number of aromatic nitrogens is 4. The largest absolute Gasteiger partial charge is 0.508 e. The van der Waals surface area contributed by atoms with Crippen LogP contribution >= 0.6 is 22.9 Å². The van der Waals surface area contributed by atoms with Crippen LogP contribution in [0.5, 0.6) is 11.8 Å². The summed E-state index contributed by atoms with van der Waals surface area (Å²) in [5.74, 6) is -3.14. The number of anilines is 2. The van der Waals surface area contributed by atoms with Crippen LogP contribution in [-0.2, 0) is 14.4 Å². The normalized spacial score (nSPS) is 19.7. The fourth-order valence-electron chi connectivity index (χ4n) is 12.4. The lowest BCUT2D eigenvalue weighted by molar-refractivity contribution is -0.141. The van der Waals surface area contributed by atoms with Gasteiger partial charge in [-0.1, -0.05) is 85.7 Å². The van der Waals surface area contributed by atoms with Crippen molar-refractivity contribution in [2.24, 2.45) is 11.3 Å². The Balaban J connectivity index is 0.731. The number of β-amino-alcohol motifs (C(OH)–C–C–N with tert-alkyl or cyclic N) is 1. The summed E-state index contributed by atoms with van der Waals surface area (Å²) >= 11 is 8.53. The number of phenols is 1. The molecule has 4 aromatic carbocycles. The highest BCUT2D eigenvalue weighted by molar-refractivity contribution is 7.13. The fourth-order valence-corrected chi connectivity index (χ4v) is 13.5. The van der Waals surface area contributed by atoms with Crippen molar-refractivity contribution >= 4 is 74.0 Å². The lowest BCUT2D eigenvalue weighted by atomic mass is 9.72. The number of ether oxygens (including phenoxy) is 1. The highest BCUT2D eigenvalue weighted by Gasteiger charge is 2.47. The summed E-state index contributed by atoms with van der Waals surface area (Å²) in [7, 11) is 0. The number of carbonyl (C=O) groups is 3. The molecule has 3 amide bonds. The van der Waals surface area contributed by atoms with Gasteiger partial charge in [0.1, 0.15) is 35.7 Å². The Bertz CT molecular complexity index is 3670. The number of thiazole rings is 1. The van der Waals surface area contributed by atoms with Gasteiger partial charge in [0.2, 0.25) is 11.8 Å². The zero-order chi connectivity index (χ0) is 58.4. The maximum atomic E-state index is 17.3. The minimum absolute atomic E-state index is 0.0270. The summed E-state index contributed by atoms with van der Waals surface area (Å²) in [5.41, 5.74) is 5.08. The molecule has 11 rings (SSSR count). The van der Waals surface area contributed by atoms with Crippen LogP contribution in [0.25, 0.3) is 43.2 Å². The van der Waals surface area contributed by atoms with Crippen molar-refractivity contribution in [2.75, 3.05) is 75.3 Å². The average Bonchev–Trinajstić information content (AvgIpc) is 1.88. The number of piperidine rings is 1. The molecule has 4 saturated heterocycles. The number of fused-ring (bicyclic) bond motifs is 2. The van der Waals surface area contributed by atoms with Crippen LogP contribution in [-0.4, -0.2) is 146 Å². The van der Waals surface area contributed by atoms with E-state index < -0.39 is 41.7 Å². The van der Waals surface area contributed by atoms with E-state index >= 15 is 4.39 Å². The highest BCUT2D eigenvalue weighted by Crippen LogP contribution is 2.45. The number of benzene rings is 4. The van der Waals surface area contributed by atoms with Crippen LogP contribution in [0.1, 0.15) is 75.4 Å². The summed E-state index contributed by atoms with van der Waals surface area (Å²) < 4.78 is 43.6. The Morgan fingerprint density at radius 2 is 1.75 bits per heavy atom. The SMILES string of the molecule is C=C(F)C(=O)N1CCN(c2nc(OCCN3CCC4(CC3)CN(c3cc([C@H](C(=O)N5C[C@H](O)C[C@H]5C(=O)N[C@@H](C)c5ccc(-c6scnc6C)cc5)C(C)C)on3)C4)nc3c(F)c(-c4cc(O)cc5ccccc45)c(Cl)cc23)C[C@@H]1CC#N. The van der Waals surface area contributed by atoms with E-state index in [-0.39, 0.29) is 114 Å². The minimum Gasteiger partial charge on any atom is -0.508 e. The van der Waals surface area contributed by atoms with Gasteiger partial charge in [-0.15, -0.1) is 11.3 Å². The number of carbonyl (C=O) groups excluding carboxylic acids is 3. The van der Waals surface area contributed by atoms with Crippen LogP contribution in [0.15, 0.2) is 95.2 Å². The predicted octanol–water partition coefficient (Wildman–Crippen LogP) is 9.34. The second-order valence-corrected chi connectivity index (χ2v) is 24.0. The number of nitrogens with one attached hydrogen (secondary N) is 1. The number of nitrogens with zero attached hydrogens (tertiary/aromatic N) is 10. The molecule has 4 fully saturated rings. The van der Waals surface area contributed by atoms with E-state index in [1.165, 1.54) is 15.9 Å². The first-order chi connectivity index (χ1) is 39.9. The molecule has 0 radical (unpaired) electrons. The monoisotopic (exact) mass is 1170 g/mol. The van der Waals surface area contributed by atoms with Gasteiger partial charge in [-0.25, -0.2) is 13.8 Å². The average molecular weight is 1170 g/mol. The zero-order valence-corrected chi connectivity index (χ0v) is 48.1. The van der Waals surface area contributed by atoms with Crippen molar-refractivity contribution in [1.82, 2.24) is 40.1 Å². The predicted molar refractivity (Wildman–Crippen MR) is 312 cm³/mol. The fraction of sp³-hybridized carbons (Fsp3) is 0.410. The number of aryl methyl sites for hydroxylation is 1. The molecule has 3 aromatic heterocycles. The van der Waals surface area contributed by atoms with Gasteiger partial charge < -0.3 is 44.4 Å². The van der Waals surface area contributed by atoms with Crippen molar-refractivity contribution < 1.29 is 42.6 Å². The van der Waals surface area contributed by atoms with E-state index in [1.54, 1.807) is 28.4 Å². The number of aliphatic hydroxyl groups is 1. The standard InChI is InChI=1S/C61H64ClF2N11O7S/c1-34(2)51(59(80)75-30-43(77)26-48(75)57(78)67-36(4)38-10-12-39(13-11-38)55-37(5)66-33-83-55)49-28-50(70-82-49)73-31-61(32-73)15-18-71(19-16-61)22-23-81-60-68-54-46(56(69-60)72-20-21-74(58(79)35(3)63)41(29-72)14-17-65)27-47(62)52(53(54)64)45-25-42(76)24-40-8-6-7-9-44(40)45/h6-13,24-25,27-28,33-34,36,41,43,48,51,76-77H,3,14-16,18-23,26,29-32H2,1-2,4-5H3,(H,67,78)/t36-,41-,43+,48-,51+/m0/s1. The number of piperazine rings is 1. The third-order valence-electron chi connectivity index (χ3n) is 16.9. The number of hydrogen-bond acceptors (Lipinski definition) is 16. The summed E-state index contributed by atoms with van der Waals surface area (Å²) in [4.78, 5) is 65.0. The molecule has 4 aliphatic rings. The molecular formula is C61H64ClF2N11O7S. The third-order valence-corrected chi connectivity index (χ3v) is 18.2. The van der Waals surface area contributed by atoms with Crippen LogP contribution in [0.3, 0.4) is 0 Å². The first kappa shape index (κ1) is 57.1. The lowest BCUT2D eigenvalue weighted by Gasteiger charge is -2.54. The molecule has 0 unspecified atom stereocenters. The molecule has 4 aliphatic heterocycles. The quantitative estimate of drug-likeness (QED) is 0.0768. The highest BCUT2D eigenvalue weighted by atomic mass is 35.5. The number of aliphatic hydroxyl groups excluding tert-OH is 1. The van der Waals surface area contributed by atoms with Gasteiger partial charge in [0.05, 0.1) is 51.8 Å². The van der Waals surface area contributed by atoms with Crippen LogP contribution in [0.2, 0.25) is 5.02 Å². The summed E-state index contributed by atoms with van der Waals surface area (Å²) in [6.07, 6.45) is 0.971. The van der Waals surface area contributed by atoms with Crippen molar-refractivity contribution in [3.8, 4) is 39.4 Å². The van der Waals surface area contributed by atoms with Gasteiger partial charge in [0, 0.05) is 74.7 Å². The number of amides is 3. The molecule has 432 valence electrons. The van der Waals surface area contributed by atoms with E-state index in [2.05, 4.69) is 42.9 Å². The summed E-state index contributed by atoms with van der Waals surface area (Å²) in [5, 5.41) is 40.4. The van der Waals surface area contributed by atoms with E-state index in [0.29, 0.717) is 34.5 Å². The van der Waals surface area contributed by atoms with Crippen LogP contribution in [0, 0.1) is 35.4 Å². The number of halogens is 3. The maximum Gasteiger partial charge on any atom is 0.319 e. The van der Waals surface area contributed by atoms with Crippen LogP contribution in [0.4, 0.5) is 20.4 Å². The van der Waals surface area contributed by atoms with Crippen molar-refractivity contribution in [1.29, 1.82) is 5.26 Å². The summed E-state index contributed by atoms with van der Waals surface area (Å²) in [6, 6.07) is 21.7. The smallest absolute Gasteiger partial charge is 0.319 e. The van der Waals surface area contributed by atoms with E-state index in [1.807, 2.05) is 87.8 Å². The number of phenolic OH excluding ortho intramolecular Hbond substituents is 1. The Kier molecular flexibility index (Phi) is 16.1. The molecule has 0 bridgehead atoms. The molecular weight excluding hydrogens is 1100 g/mol. The first-order valence-electron chi connectivity index (χ1n) is 27.9. The Morgan fingerprint density at radius 1 is 0.988 bits per heavy atom. The molecule has 7 aromatic rings. The van der Waals surface area contributed by atoms with Crippen molar-refractivity contribution in [3.05, 3.63) is 119 Å². The van der Waals surface area contributed by atoms with Gasteiger partial charge in [-0.2, -0.15) is 15.2 Å². The second kappa shape index (κ2) is 23.5. The molecule has 1 spiro atoms. The summed E-state index contributed by atoms with van der Waals surface area (Å²) in [6.45, 7) is 15.0. The second-order valence-electron chi connectivity index (χ2n) is 22.7. The molecule has 0 aliphatic carbocycles. The van der Waals surface area contributed by atoms with E-state index in [9.17, 15) is 34.2 Å². The minimum atomic E-state index is -1.14. The van der Waals surface area contributed by atoms with Gasteiger partial charge in [0.25, 0.3) is 5.91 Å². The Labute approximate surface area is 487 Å². The zero-order valence-electron chi connectivity index (χ0n) is 46.5. The topological polar surface area (TPSA) is 218 Å². The molecule has 22 heteroatoms. The maximum absolute atomic E-state index is 17.3. The lowest BCUT2D eigenvalue weighted by Crippen LogP contribution is -2.60. The van der Waals surface area contributed by atoms with Gasteiger partial charge in [-0.3, -0.25) is 19.3 Å². The molecule has 7 heterocycles.